The van der Waals surface area contributed by atoms with Crippen molar-refractivity contribution < 1.29 is 4.79 Å². The summed E-state index contributed by atoms with van der Waals surface area (Å²) < 4.78 is 0. The summed E-state index contributed by atoms with van der Waals surface area (Å²) in [6.07, 6.45) is 11.6. The Bertz CT molecular complexity index is 886. The summed E-state index contributed by atoms with van der Waals surface area (Å²) in [5.74, 6) is 1.21. The summed E-state index contributed by atoms with van der Waals surface area (Å²) in [5, 5.41) is 15.2. The molecular weight excluding hydrogens is 448 g/mol. The van der Waals surface area contributed by atoms with Gasteiger partial charge < -0.3 is 31.6 Å². The summed E-state index contributed by atoms with van der Waals surface area (Å²) in [7, 11) is 0. The zero-order valence-corrected chi connectivity index (χ0v) is 22.6. The molecule has 0 spiro atoms. The fourth-order valence-corrected chi connectivity index (χ4v) is 6.42. The van der Waals surface area contributed by atoms with E-state index in [0.29, 0.717) is 11.8 Å². The van der Waals surface area contributed by atoms with Gasteiger partial charge in [0.05, 0.1) is 5.57 Å². The molecule has 1 amide bonds. The maximum Gasteiger partial charge on any atom is 0.255 e. The third-order valence-corrected chi connectivity index (χ3v) is 8.49. The molecular formula is C29H48N6O. The van der Waals surface area contributed by atoms with Crippen LogP contribution in [0.2, 0.25) is 0 Å². The molecule has 0 bridgehead atoms. The molecule has 4 aliphatic rings. The number of hydrogen-bond donors (Lipinski definition) is 4. The first-order valence-electron chi connectivity index (χ1n) is 14.2. The van der Waals surface area contributed by atoms with Gasteiger partial charge >= 0.3 is 0 Å². The number of carbonyl (C=O) groups is 1. The van der Waals surface area contributed by atoms with Crippen molar-refractivity contribution in [3.8, 4) is 0 Å². The Morgan fingerprint density at radius 2 is 1.94 bits per heavy atom. The minimum Gasteiger partial charge on any atom is -0.382 e. The molecule has 7 heteroatoms. The van der Waals surface area contributed by atoms with Crippen LogP contribution in [0.4, 0.5) is 0 Å². The zero-order valence-electron chi connectivity index (χ0n) is 22.6. The van der Waals surface area contributed by atoms with Crippen molar-refractivity contribution in [3.63, 3.8) is 0 Å². The molecule has 5 N–H and O–H groups in total. The second kappa shape index (κ2) is 12.4. The second-order valence-electron chi connectivity index (χ2n) is 11.7. The molecule has 1 aliphatic carbocycles. The lowest BCUT2D eigenvalue weighted by atomic mass is 9.84. The van der Waals surface area contributed by atoms with Crippen LogP contribution in [-0.2, 0) is 4.79 Å². The predicted molar refractivity (Wildman–Crippen MR) is 148 cm³/mol. The fraction of sp³-hybridized carbons (Fsp3) is 0.724. The first kappa shape index (κ1) is 26.9. The van der Waals surface area contributed by atoms with Crippen LogP contribution in [0.15, 0.2) is 35.2 Å². The summed E-state index contributed by atoms with van der Waals surface area (Å²) in [6.45, 7) is 14.2. The number of hydrogen-bond acceptors (Lipinski definition) is 6. The molecule has 3 aliphatic heterocycles. The molecule has 200 valence electrons. The van der Waals surface area contributed by atoms with Crippen LogP contribution in [-0.4, -0.2) is 72.8 Å². The first-order chi connectivity index (χ1) is 17.3. The molecule has 36 heavy (non-hydrogen) atoms. The van der Waals surface area contributed by atoms with Crippen molar-refractivity contribution in [2.24, 2.45) is 17.6 Å². The van der Waals surface area contributed by atoms with Crippen molar-refractivity contribution in [1.82, 2.24) is 20.4 Å². The van der Waals surface area contributed by atoms with Crippen molar-refractivity contribution in [1.29, 1.82) is 5.41 Å². The normalized spacial score (nSPS) is 29.6. The predicted octanol–water partition coefficient (Wildman–Crippen LogP) is 3.54. The van der Waals surface area contributed by atoms with Crippen LogP contribution >= 0.6 is 0 Å². The van der Waals surface area contributed by atoms with Gasteiger partial charge in [0.25, 0.3) is 5.91 Å². The molecule has 0 aromatic rings. The van der Waals surface area contributed by atoms with E-state index in [9.17, 15) is 4.79 Å². The molecule has 3 saturated heterocycles. The van der Waals surface area contributed by atoms with Crippen LogP contribution in [0.1, 0.15) is 71.6 Å². The second-order valence-corrected chi connectivity index (χ2v) is 11.7. The van der Waals surface area contributed by atoms with Gasteiger partial charge in [-0.1, -0.05) is 12.2 Å². The van der Waals surface area contributed by atoms with E-state index >= 15 is 0 Å². The summed E-state index contributed by atoms with van der Waals surface area (Å²) in [5.41, 5.74) is 11.6. The van der Waals surface area contributed by atoms with Gasteiger partial charge in [-0.05, 0) is 90.2 Å². The lowest BCUT2D eigenvalue weighted by Crippen LogP contribution is -2.50. The number of nitrogens with two attached hydrogens (primary N) is 1. The van der Waals surface area contributed by atoms with E-state index in [1.807, 2.05) is 11.8 Å². The van der Waals surface area contributed by atoms with Crippen molar-refractivity contribution in [3.05, 3.63) is 35.2 Å². The number of nitrogens with zero attached hydrogens (tertiary/aromatic N) is 2. The molecule has 3 unspecified atom stereocenters. The van der Waals surface area contributed by atoms with E-state index in [2.05, 4.69) is 35.1 Å². The molecule has 4 atom stereocenters. The highest BCUT2D eigenvalue weighted by Crippen LogP contribution is 2.30. The van der Waals surface area contributed by atoms with Gasteiger partial charge in [0, 0.05) is 67.8 Å². The number of rotatable bonds is 8. The minimum absolute atomic E-state index is 0.142. The summed E-state index contributed by atoms with van der Waals surface area (Å²) >= 11 is 0. The molecule has 3 fully saturated rings. The monoisotopic (exact) mass is 496 g/mol. The average Bonchev–Trinajstić information content (AvgIpc) is 2.89. The average molecular weight is 497 g/mol. The Balaban J connectivity index is 1.41. The van der Waals surface area contributed by atoms with Crippen molar-refractivity contribution in [2.45, 2.75) is 83.7 Å². The highest BCUT2D eigenvalue weighted by atomic mass is 16.2. The number of likely N-dealkylation sites (tertiary alicyclic amines) is 2. The molecule has 3 heterocycles. The Kier molecular flexibility index (Phi) is 9.29. The molecule has 4 rings (SSSR count). The Labute approximate surface area is 218 Å². The molecule has 0 saturated carbocycles. The Morgan fingerprint density at radius 3 is 2.69 bits per heavy atom. The number of carbonyl (C=O) groups excluding carboxylic acids is 1. The fourth-order valence-electron chi connectivity index (χ4n) is 6.42. The zero-order chi connectivity index (χ0) is 25.7. The number of amides is 1. The largest absolute Gasteiger partial charge is 0.382 e. The third kappa shape index (κ3) is 6.80. The van der Waals surface area contributed by atoms with Gasteiger partial charge in [0.15, 0.2) is 0 Å². The highest BCUT2D eigenvalue weighted by Gasteiger charge is 2.32. The lowest BCUT2D eigenvalue weighted by molar-refractivity contribution is -0.127. The van der Waals surface area contributed by atoms with Crippen LogP contribution < -0.4 is 16.4 Å². The summed E-state index contributed by atoms with van der Waals surface area (Å²) in [4.78, 5) is 18.0. The molecule has 7 nitrogen and oxygen atoms in total. The molecule has 0 aromatic heterocycles. The van der Waals surface area contributed by atoms with Crippen LogP contribution in [0.25, 0.3) is 0 Å². The maximum atomic E-state index is 13.5. The van der Waals surface area contributed by atoms with E-state index < -0.39 is 0 Å². The number of nitrogens with one attached hydrogen (secondary N) is 3. The highest BCUT2D eigenvalue weighted by molar-refractivity contribution is 5.97. The van der Waals surface area contributed by atoms with Crippen LogP contribution in [0, 0.1) is 17.2 Å². The van der Waals surface area contributed by atoms with Crippen molar-refractivity contribution >= 4 is 11.6 Å². The van der Waals surface area contributed by atoms with Gasteiger partial charge in [0.1, 0.15) is 0 Å². The number of piperidine rings is 3. The van der Waals surface area contributed by atoms with E-state index in [4.69, 9.17) is 11.1 Å². The minimum atomic E-state index is -0.155. The van der Waals surface area contributed by atoms with Gasteiger partial charge in [0.2, 0.25) is 0 Å². The van der Waals surface area contributed by atoms with Gasteiger partial charge in [-0.15, -0.1) is 0 Å². The van der Waals surface area contributed by atoms with E-state index in [-0.39, 0.29) is 18.0 Å². The van der Waals surface area contributed by atoms with Crippen LogP contribution in [0.3, 0.4) is 0 Å². The van der Waals surface area contributed by atoms with Gasteiger partial charge in [-0.25, -0.2) is 0 Å². The molecule has 0 radical (unpaired) electrons. The Hall–Kier alpha value is -2.12. The first-order valence-corrected chi connectivity index (χ1v) is 14.2. The van der Waals surface area contributed by atoms with Crippen LogP contribution in [0.5, 0.6) is 0 Å². The van der Waals surface area contributed by atoms with Gasteiger partial charge in [-0.3, -0.25) is 4.79 Å². The van der Waals surface area contributed by atoms with E-state index in [1.54, 1.807) is 0 Å². The smallest absolute Gasteiger partial charge is 0.255 e. The van der Waals surface area contributed by atoms with Gasteiger partial charge in [-0.2, -0.15) is 0 Å². The van der Waals surface area contributed by atoms with Crippen molar-refractivity contribution in [2.75, 3.05) is 39.3 Å². The third-order valence-electron chi connectivity index (χ3n) is 8.49. The standard InChI is InChI=1S/C29H48N6O/c1-20-14-26(29(36)34-11-5-4-6-12-34)28(27(31)15-20)33-25-8-7-13-35(19-25)22(3)24-16-23(17-32-18-24)10-9-21(2)30/h14,23-25,27,30,32-33H,3-13,15-19,31H2,1-2H3/t23?,24?,25-,27?/m1/s1. The molecule has 0 aromatic carbocycles. The van der Waals surface area contributed by atoms with E-state index in [0.717, 1.165) is 108 Å². The topological polar surface area (TPSA) is 97.5 Å². The SMILES string of the molecule is C=C(C1CNCC(CCC(C)=N)C1)N1CCC[C@@H](NC2=C(C(=O)N3CCCCC3)C=C(C)CC2N)C1. The van der Waals surface area contributed by atoms with E-state index in [1.165, 1.54) is 17.7 Å². The lowest BCUT2D eigenvalue weighted by Gasteiger charge is -2.42. The quantitative estimate of drug-likeness (QED) is 0.386. The Morgan fingerprint density at radius 1 is 1.19 bits per heavy atom. The maximum absolute atomic E-state index is 13.5. The summed E-state index contributed by atoms with van der Waals surface area (Å²) in [6, 6.07) is 0.110.